The third-order valence-electron chi connectivity index (χ3n) is 1.96. The predicted octanol–water partition coefficient (Wildman–Crippen LogP) is 1.38. The Balaban J connectivity index is 3.10. The highest BCUT2D eigenvalue weighted by molar-refractivity contribution is 7.89. The van der Waals surface area contributed by atoms with Crippen LogP contribution in [-0.4, -0.2) is 30.8 Å². The van der Waals surface area contributed by atoms with Crippen LogP contribution in [0.25, 0.3) is 0 Å². The Morgan fingerprint density at radius 3 is 2.69 bits per heavy atom. The SMILES string of the molecule is C#CCN(CC)S(=O)(=O)c1ccc(Cl)nc1. The summed E-state index contributed by atoms with van der Waals surface area (Å²) < 4.78 is 25.2. The molecule has 0 radical (unpaired) electrons. The van der Waals surface area contributed by atoms with Gasteiger partial charge in [-0.3, -0.25) is 0 Å². The second-order valence-corrected chi connectivity index (χ2v) is 5.28. The first kappa shape index (κ1) is 13.0. The Labute approximate surface area is 100 Å². The summed E-state index contributed by atoms with van der Waals surface area (Å²) in [6.45, 7) is 2.08. The number of nitrogens with zero attached hydrogens (tertiary/aromatic N) is 2. The summed E-state index contributed by atoms with van der Waals surface area (Å²) in [5.41, 5.74) is 0. The van der Waals surface area contributed by atoms with Crippen molar-refractivity contribution in [3.05, 3.63) is 23.5 Å². The van der Waals surface area contributed by atoms with Crippen LogP contribution in [0.3, 0.4) is 0 Å². The zero-order chi connectivity index (χ0) is 12.2. The van der Waals surface area contributed by atoms with Crippen LogP contribution in [-0.2, 0) is 10.0 Å². The van der Waals surface area contributed by atoms with E-state index in [2.05, 4.69) is 10.9 Å². The standard InChI is InChI=1S/C10H11ClN2O2S/c1-3-7-13(4-2)16(14,15)9-5-6-10(11)12-8-9/h1,5-6,8H,4,7H2,2H3. The molecule has 0 amide bonds. The number of halogens is 1. The summed E-state index contributed by atoms with van der Waals surface area (Å²) >= 11 is 5.58. The van der Waals surface area contributed by atoms with Gasteiger partial charge >= 0.3 is 0 Å². The Hall–Kier alpha value is -1.09. The molecule has 1 aromatic heterocycles. The lowest BCUT2D eigenvalue weighted by Crippen LogP contribution is -2.31. The molecule has 0 atom stereocenters. The molecule has 1 heterocycles. The second kappa shape index (κ2) is 5.30. The molecule has 0 saturated heterocycles. The highest BCUT2D eigenvalue weighted by Gasteiger charge is 2.22. The van der Waals surface area contributed by atoms with Crippen LogP contribution in [0.15, 0.2) is 23.2 Å². The third kappa shape index (κ3) is 2.73. The van der Waals surface area contributed by atoms with Crippen molar-refractivity contribution in [2.45, 2.75) is 11.8 Å². The normalized spacial score (nSPS) is 11.4. The van der Waals surface area contributed by atoms with Gasteiger partial charge in [0.1, 0.15) is 10.0 Å². The van der Waals surface area contributed by atoms with Crippen molar-refractivity contribution >= 4 is 21.6 Å². The molecule has 0 aliphatic carbocycles. The summed E-state index contributed by atoms with van der Waals surface area (Å²) in [6.07, 6.45) is 6.33. The van der Waals surface area contributed by atoms with Gasteiger partial charge in [0, 0.05) is 12.7 Å². The van der Waals surface area contributed by atoms with Crippen LogP contribution in [0, 0.1) is 12.3 Å². The number of hydrogen-bond donors (Lipinski definition) is 0. The molecule has 1 rings (SSSR count). The zero-order valence-corrected chi connectivity index (χ0v) is 10.3. The van der Waals surface area contributed by atoms with E-state index in [4.69, 9.17) is 18.0 Å². The van der Waals surface area contributed by atoms with E-state index in [9.17, 15) is 8.42 Å². The minimum absolute atomic E-state index is 0.0431. The van der Waals surface area contributed by atoms with Gasteiger partial charge in [-0.2, -0.15) is 4.31 Å². The molecule has 0 aliphatic rings. The molecule has 16 heavy (non-hydrogen) atoms. The third-order valence-corrected chi connectivity index (χ3v) is 4.09. The Bertz CT molecular complexity index is 491. The summed E-state index contributed by atoms with van der Waals surface area (Å²) in [5, 5.41) is 0.249. The maximum absolute atomic E-state index is 12.0. The smallest absolute Gasteiger partial charge is 0.243 e. The lowest BCUT2D eigenvalue weighted by atomic mass is 10.5. The first-order valence-corrected chi connectivity index (χ1v) is 6.39. The molecule has 0 spiro atoms. The zero-order valence-electron chi connectivity index (χ0n) is 8.72. The highest BCUT2D eigenvalue weighted by Crippen LogP contribution is 2.15. The summed E-state index contributed by atoms with van der Waals surface area (Å²) in [5.74, 6) is 2.31. The topological polar surface area (TPSA) is 50.3 Å². The van der Waals surface area contributed by atoms with E-state index in [0.717, 1.165) is 0 Å². The maximum atomic E-state index is 12.0. The predicted molar refractivity (Wildman–Crippen MR) is 62.5 cm³/mol. The van der Waals surface area contributed by atoms with Crippen molar-refractivity contribution in [2.75, 3.05) is 13.1 Å². The highest BCUT2D eigenvalue weighted by atomic mass is 35.5. The molecule has 86 valence electrons. The summed E-state index contributed by atoms with van der Waals surface area (Å²) in [7, 11) is -3.56. The van der Waals surface area contributed by atoms with Crippen LogP contribution in [0.4, 0.5) is 0 Å². The largest absolute Gasteiger partial charge is 0.245 e. The monoisotopic (exact) mass is 258 g/mol. The Kier molecular flexibility index (Phi) is 4.30. The average molecular weight is 259 g/mol. The van der Waals surface area contributed by atoms with Crippen molar-refractivity contribution in [2.24, 2.45) is 0 Å². The fraction of sp³-hybridized carbons (Fsp3) is 0.300. The summed E-state index contributed by atoms with van der Waals surface area (Å²) in [4.78, 5) is 3.82. The van der Waals surface area contributed by atoms with E-state index in [0.29, 0.717) is 6.54 Å². The van der Waals surface area contributed by atoms with Gasteiger partial charge in [-0.1, -0.05) is 24.4 Å². The van der Waals surface area contributed by atoms with Gasteiger partial charge in [0.2, 0.25) is 10.0 Å². The molecule has 0 unspecified atom stereocenters. The van der Waals surface area contributed by atoms with Gasteiger partial charge in [0.25, 0.3) is 0 Å². The minimum atomic E-state index is -3.56. The van der Waals surface area contributed by atoms with Crippen LogP contribution >= 0.6 is 11.6 Å². The number of aromatic nitrogens is 1. The first-order valence-electron chi connectivity index (χ1n) is 4.57. The van der Waals surface area contributed by atoms with Gasteiger partial charge in [0.05, 0.1) is 6.54 Å². The molecule has 1 aromatic rings. The van der Waals surface area contributed by atoms with Crippen molar-refractivity contribution in [3.63, 3.8) is 0 Å². The molecule has 0 fully saturated rings. The van der Waals surface area contributed by atoms with Gasteiger partial charge in [-0.05, 0) is 12.1 Å². The number of sulfonamides is 1. The van der Waals surface area contributed by atoms with E-state index in [1.807, 2.05) is 0 Å². The molecule has 0 bridgehead atoms. The van der Waals surface area contributed by atoms with Crippen molar-refractivity contribution in [1.29, 1.82) is 0 Å². The van der Waals surface area contributed by atoms with Crippen molar-refractivity contribution in [3.8, 4) is 12.3 Å². The Morgan fingerprint density at radius 2 is 2.25 bits per heavy atom. The van der Waals surface area contributed by atoms with Crippen molar-refractivity contribution < 1.29 is 8.42 Å². The van der Waals surface area contributed by atoms with E-state index >= 15 is 0 Å². The van der Waals surface area contributed by atoms with E-state index in [-0.39, 0.29) is 16.6 Å². The average Bonchev–Trinajstić information content (AvgIpc) is 2.26. The van der Waals surface area contributed by atoms with Crippen LogP contribution in [0.2, 0.25) is 5.15 Å². The molecule has 0 aliphatic heterocycles. The van der Waals surface area contributed by atoms with Gasteiger partial charge in [-0.15, -0.1) is 6.42 Å². The lowest BCUT2D eigenvalue weighted by molar-refractivity contribution is 0.464. The van der Waals surface area contributed by atoms with Crippen LogP contribution in [0.1, 0.15) is 6.92 Å². The molecular weight excluding hydrogens is 248 g/mol. The van der Waals surface area contributed by atoms with E-state index < -0.39 is 10.0 Å². The van der Waals surface area contributed by atoms with E-state index in [1.54, 1.807) is 6.92 Å². The number of pyridine rings is 1. The van der Waals surface area contributed by atoms with Gasteiger partial charge in [0.15, 0.2) is 0 Å². The minimum Gasteiger partial charge on any atom is -0.243 e. The number of terminal acetylenes is 1. The lowest BCUT2D eigenvalue weighted by Gasteiger charge is -2.17. The van der Waals surface area contributed by atoms with Crippen LogP contribution in [0.5, 0.6) is 0 Å². The van der Waals surface area contributed by atoms with Crippen molar-refractivity contribution in [1.82, 2.24) is 9.29 Å². The van der Waals surface area contributed by atoms with Gasteiger partial charge < -0.3 is 0 Å². The number of rotatable bonds is 4. The molecule has 0 aromatic carbocycles. The fourth-order valence-corrected chi connectivity index (χ4v) is 2.55. The Morgan fingerprint density at radius 1 is 1.56 bits per heavy atom. The molecular formula is C10H11ClN2O2S. The van der Waals surface area contributed by atoms with Crippen LogP contribution < -0.4 is 0 Å². The molecule has 6 heteroatoms. The quantitative estimate of drug-likeness (QED) is 0.606. The van der Waals surface area contributed by atoms with Gasteiger partial charge in [-0.25, -0.2) is 13.4 Å². The summed E-state index contributed by atoms with van der Waals surface area (Å²) in [6, 6.07) is 2.84. The molecule has 0 N–H and O–H groups in total. The second-order valence-electron chi connectivity index (χ2n) is 2.95. The molecule has 4 nitrogen and oxygen atoms in total. The fourth-order valence-electron chi connectivity index (χ4n) is 1.13. The number of hydrogen-bond acceptors (Lipinski definition) is 3. The first-order chi connectivity index (χ1) is 7.52. The maximum Gasteiger partial charge on any atom is 0.245 e. The van der Waals surface area contributed by atoms with E-state index in [1.165, 1.54) is 22.6 Å². The molecule has 0 saturated carbocycles.